The van der Waals surface area contributed by atoms with Gasteiger partial charge in [0.15, 0.2) is 0 Å². The smallest absolute Gasteiger partial charge is 0.326 e. The van der Waals surface area contributed by atoms with Gasteiger partial charge < -0.3 is 42.3 Å². The number of thiol groups is 1. The number of urea groups is 1. The van der Waals surface area contributed by atoms with Crippen LogP contribution in [-0.2, 0) is 48.9 Å². The molecule has 0 spiro atoms. The molecule has 2 heterocycles. The van der Waals surface area contributed by atoms with E-state index in [4.69, 9.17) is 0 Å². The monoisotopic (exact) mass is 716 g/mol. The van der Waals surface area contributed by atoms with Crippen molar-refractivity contribution in [2.24, 2.45) is 0 Å². The number of carboxylic acid groups (broad SMARTS) is 1. The van der Waals surface area contributed by atoms with Crippen LogP contribution in [0.2, 0.25) is 0 Å². The van der Waals surface area contributed by atoms with Crippen molar-refractivity contribution in [1.82, 2.24) is 37.2 Å². The second kappa shape index (κ2) is 20.4. The number of thioether (sulfide) groups is 1. The van der Waals surface area contributed by atoms with E-state index >= 15 is 0 Å². The molecule has 2 rings (SSSR count). The van der Waals surface area contributed by atoms with Crippen LogP contribution < -0.4 is 37.2 Å². The molecule has 15 nitrogen and oxygen atoms in total. The van der Waals surface area contributed by atoms with Crippen LogP contribution in [0.15, 0.2) is 0 Å². The summed E-state index contributed by atoms with van der Waals surface area (Å²) in [7, 11) is 0. The molecule has 0 aromatic heterocycles. The van der Waals surface area contributed by atoms with Crippen molar-refractivity contribution in [3.05, 3.63) is 0 Å². The van der Waals surface area contributed by atoms with Gasteiger partial charge >= 0.3 is 12.0 Å². The second-order valence-corrected chi connectivity index (χ2v) is 11.2. The van der Waals surface area contributed by atoms with Gasteiger partial charge in [-0.05, 0) is 32.1 Å². The van der Waals surface area contributed by atoms with E-state index in [1.54, 1.807) is 0 Å². The minimum absolute atomic E-state index is 0. The normalized spacial score (nSPS) is 19.2. The quantitative estimate of drug-likeness (QED) is 0.0403. The predicted octanol–water partition coefficient (Wildman–Crippen LogP) is -2.16. The summed E-state index contributed by atoms with van der Waals surface area (Å²) in [5, 5.41) is 27.6. The molecule has 0 bridgehead atoms. The third-order valence-electron chi connectivity index (χ3n) is 6.44. The van der Waals surface area contributed by atoms with Crippen LogP contribution in [0.5, 0.6) is 0 Å². The number of hydrogen-bond acceptors (Lipinski definition) is 9. The maximum Gasteiger partial charge on any atom is 0.326 e. The summed E-state index contributed by atoms with van der Waals surface area (Å²) in [6.07, 6.45) is 4.08. The fourth-order valence-electron chi connectivity index (χ4n) is 4.28. The van der Waals surface area contributed by atoms with Gasteiger partial charge in [-0.3, -0.25) is 24.0 Å². The molecule has 1 unspecified atom stereocenters. The molecule has 0 aliphatic carbocycles. The first-order chi connectivity index (χ1) is 19.6. The zero-order chi connectivity index (χ0) is 30.2. The maximum absolute atomic E-state index is 12.1. The van der Waals surface area contributed by atoms with Gasteiger partial charge in [0.2, 0.25) is 29.5 Å². The third-order valence-corrected chi connectivity index (χ3v) is 8.23. The predicted molar refractivity (Wildman–Crippen MR) is 153 cm³/mol. The van der Waals surface area contributed by atoms with Crippen LogP contribution in [0.4, 0.5) is 4.79 Å². The molecule has 2 aliphatic rings. The molecule has 237 valence electrons. The van der Waals surface area contributed by atoms with E-state index in [2.05, 4.69) is 49.8 Å². The van der Waals surface area contributed by atoms with Crippen LogP contribution in [0.1, 0.15) is 44.9 Å². The Labute approximate surface area is 267 Å². The summed E-state index contributed by atoms with van der Waals surface area (Å²) < 4.78 is 0. The molecule has 7 amide bonds. The molecule has 18 heteroatoms. The number of hydrogen-bond donors (Lipinski definition) is 9. The van der Waals surface area contributed by atoms with E-state index < -0.39 is 48.7 Å². The van der Waals surface area contributed by atoms with Gasteiger partial charge in [0, 0.05) is 44.1 Å². The number of carboxylic acids is 1. The van der Waals surface area contributed by atoms with Crippen LogP contribution in [-0.4, -0.2) is 108 Å². The molecular weight excluding hydrogens is 677 g/mol. The van der Waals surface area contributed by atoms with E-state index in [9.17, 15) is 38.7 Å². The van der Waals surface area contributed by atoms with Gasteiger partial charge in [0.05, 0.1) is 37.5 Å². The first-order valence-electron chi connectivity index (χ1n) is 13.5. The zero-order valence-corrected chi connectivity index (χ0v) is 26.6. The topological polar surface area (TPSA) is 224 Å². The van der Waals surface area contributed by atoms with Crippen LogP contribution in [0.25, 0.3) is 0 Å². The average molecular weight is 717 g/mol. The van der Waals surface area contributed by atoms with E-state index in [-0.39, 0.29) is 62.8 Å². The molecule has 8 N–H and O–H groups in total. The fourth-order valence-corrected chi connectivity index (χ4v) is 5.94. The van der Waals surface area contributed by atoms with Gasteiger partial charge in [-0.15, -0.1) is 0 Å². The molecule has 0 aromatic carbocycles. The number of nitrogens with one attached hydrogen (secondary N) is 7. The summed E-state index contributed by atoms with van der Waals surface area (Å²) in [6.45, 7) is -0.830. The summed E-state index contributed by atoms with van der Waals surface area (Å²) in [6, 6.07) is -0.920. The number of carbonyl (C=O) groups excluding carboxylic acids is 6. The van der Waals surface area contributed by atoms with Crippen molar-refractivity contribution < 1.29 is 58.8 Å². The average Bonchev–Trinajstić information content (AvgIpc) is 3.49. The largest absolute Gasteiger partial charge is 0.480 e. The summed E-state index contributed by atoms with van der Waals surface area (Å²) >= 11 is 5.59. The van der Waals surface area contributed by atoms with Gasteiger partial charge in [0.1, 0.15) is 6.04 Å². The van der Waals surface area contributed by atoms with Gasteiger partial charge in [-0.25, -0.2) is 9.59 Å². The van der Waals surface area contributed by atoms with Crippen LogP contribution in [0.3, 0.4) is 0 Å². The summed E-state index contributed by atoms with van der Waals surface area (Å²) in [4.78, 5) is 81.4. The SMILES string of the molecule is O=C(CS)NCC(=O)NCC(=O)NCC(=O)NC(CCCCNC(=O)CCCC[C@@H]1SC[C@@H]2NC(=O)N[C@@H]21)C(=O)O.[99Tc]. The second-order valence-electron chi connectivity index (χ2n) is 9.66. The molecule has 0 saturated carbocycles. The van der Waals surface area contributed by atoms with Crippen molar-refractivity contribution in [2.45, 2.75) is 68.3 Å². The third kappa shape index (κ3) is 14.6. The van der Waals surface area contributed by atoms with E-state index in [0.717, 1.165) is 25.0 Å². The van der Waals surface area contributed by atoms with Gasteiger partial charge in [0.25, 0.3) is 0 Å². The molecular formula is C24H39N7O8S2Tc. The van der Waals surface area contributed by atoms with Gasteiger partial charge in [-0.1, -0.05) is 6.42 Å². The number of unbranched alkanes of at least 4 members (excludes halogenated alkanes) is 2. The number of aliphatic carboxylic acids is 1. The molecule has 4 atom stereocenters. The van der Waals surface area contributed by atoms with Crippen molar-refractivity contribution in [3.8, 4) is 0 Å². The number of amides is 7. The Bertz CT molecular complexity index is 977. The van der Waals surface area contributed by atoms with Crippen molar-refractivity contribution in [2.75, 3.05) is 37.7 Å². The first kappa shape index (κ1) is 37.5. The Hall–Kier alpha value is -2.56. The molecule has 2 saturated heterocycles. The van der Waals surface area contributed by atoms with Crippen molar-refractivity contribution in [1.29, 1.82) is 0 Å². The summed E-state index contributed by atoms with van der Waals surface area (Å²) in [5.74, 6) is -2.88. The maximum atomic E-state index is 12.1. The van der Waals surface area contributed by atoms with Gasteiger partial charge in [-0.2, -0.15) is 24.4 Å². The Morgan fingerprint density at radius 1 is 0.857 bits per heavy atom. The Morgan fingerprint density at radius 3 is 2.14 bits per heavy atom. The number of rotatable bonds is 19. The molecule has 0 aromatic rings. The van der Waals surface area contributed by atoms with E-state index in [1.165, 1.54) is 0 Å². The summed E-state index contributed by atoms with van der Waals surface area (Å²) in [5.41, 5.74) is 0. The number of carbonyl (C=O) groups is 7. The van der Waals surface area contributed by atoms with Crippen molar-refractivity contribution in [3.63, 3.8) is 0 Å². The van der Waals surface area contributed by atoms with Crippen LogP contribution >= 0.6 is 24.4 Å². The Balaban J connectivity index is 0.00000882. The molecule has 2 fully saturated rings. The van der Waals surface area contributed by atoms with Crippen molar-refractivity contribution >= 4 is 65.9 Å². The number of fused-ring (bicyclic) bond motifs is 1. The Kier molecular flexibility index (Phi) is 18.2. The Morgan fingerprint density at radius 2 is 1.50 bits per heavy atom. The minimum Gasteiger partial charge on any atom is -0.480 e. The van der Waals surface area contributed by atoms with E-state index in [1.807, 2.05) is 11.8 Å². The van der Waals surface area contributed by atoms with Crippen LogP contribution in [0, 0.1) is 0 Å². The zero-order valence-electron chi connectivity index (χ0n) is 23.0. The first-order valence-corrected chi connectivity index (χ1v) is 15.2. The standard InChI is InChI=1S/C24H39N7O8S2.Tc/c32-17(7-2-1-6-16-22-15(13-41-16)30-24(39)31-22)25-8-4-3-5-14(23(37)38)29-20(35)11-27-18(33)9-26-19(34)10-28-21(36)12-40;/h14-16,22,40H,1-13H2,(H,25,32)(H,26,34)(H,27,33)(H,28,36)(H,29,35)(H,37,38)(H2,30,31,39);/t14?,15-,16-,22-;/m0./s1/i;1+1. The molecule has 2 aliphatic heterocycles. The fraction of sp³-hybridized carbons (Fsp3) is 0.708. The van der Waals surface area contributed by atoms with E-state index in [0.29, 0.717) is 31.1 Å². The molecule has 1 radical (unpaired) electrons. The molecule has 42 heavy (non-hydrogen) atoms. The minimum atomic E-state index is -1.22.